The van der Waals surface area contributed by atoms with Gasteiger partial charge in [-0.3, -0.25) is 4.98 Å². The molecule has 0 aliphatic rings. The average Bonchev–Trinajstić information content (AvgIpc) is 2.81. The Balaban J connectivity index is 2.21. The quantitative estimate of drug-likeness (QED) is 0.774. The molecule has 3 aromatic rings. The molecule has 4 nitrogen and oxygen atoms in total. The molecule has 0 amide bonds. The molecule has 0 aliphatic heterocycles. The minimum atomic E-state index is -0.365. The number of rotatable bonds is 2. The third kappa shape index (κ3) is 2.03. The first-order chi connectivity index (χ1) is 9.66. The molecular weight excluding hydrogens is 257 g/mol. The van der Waals surface area contributed by atoms with Crippen LogP contribution < -0.4 is 5.73 Å². The molecule has 0 radical (unpaired) electrons. The number of anilines is 1. The highest BCUT2D eigenvalue weighted by Gasteiger charge is 2.20. The van der Waals surface area contributed by atoms with Crippen molar-refractivity contribution in [1.29, 1.82) is 0 Å². The number of halogens is 1. The summed E-state index contributed by atoms with van der Waals surface area (Å²) in [6.07, 6.45) is 1.64. The Bertz CT molecular complexity index is 753. The molecule has 2 heterocycles. The number of nitrogen functional groups attached to an aromatic ring is 1. The van der Waals surface area contributed by atoms with E-state index in [-0.39, 0.29) is 11.7 Å². The first-order valence-electron chi connectivity index (χ1n) is 6.10. The van der Waals surface area contributed by atoms with Gasteiger partial charge in [-0.05, 0) is 36.8 Å². The number of nitrogens with zero attached hydrogens (tertiary/aromatic N) is 2. The average molecular weight is 269 g/mol. The largest absolute Gasteiger partial charge is 0.367 e. The number of hydrogen-bond donors (Lipinski definition) is 1. The molecule has 0 atom stereocenters. The number of nitrogens with two attached hydrogens (primary N) is 1. The van der Waals surface area contributed by atoms with Gasteiger partial charge in [0.05, 0.1) is 11.3 Å². The standard InChI is InChI=1S/C15H12FN3O/c1-9-5-6-10(11(16)8-9)14-13(15(17)20-19-14)12-4-2-3-7-18-12/h2-8H,17H2,1H3. The van der Waals surface area contributed by atoms with Crippen LogP contribution in [0.15, 0.2) is 47.1 Å². The Morgan fingerprint density at radius 3 is 2.75 bits per heavy atom. The van der Waals surface area contributed by atoms with E-state index in [2.05, 4.69) is 10.1 Å². The number of aryl methyl sites for hydroxylation is 1. The normalized spacial score (nSPS) is 10.7. The van der Waals surface area contributed by atoms with Crippen LogP contribution in [0.2, 0.25) is 0 Å². The van der Waals surface area contributed by atoms with E-state index < -0.39 is 0 Å². The SMILES string of the molecule is Cc1ccc(-c2noc(N)c2-c2ccccn2)c(F)c1. The van der Waals surface area contributed by atoms with Crippen molar-refractivity contribution in [2.45, 2.75) is 6.92 Å². The summed E-state index contributed by atoms with van der Waals surface area (Å²) in [6.45, 7) is 1.82. The maximum Gasteiger partial charge on any atom is 0.232 e. The van der Waals surface area contributed by atoms with Gasteiger partial charge >= 0.3 is 0 Å². The van der Waals surface area contributed by atoms with E-state index in [0.29, 0.717) is 22.5 Å². The smallest absolute Gasteiger partial charge is 0.232 e. The second kappa shape index (κ2) is 4.77. The Morgan fingerprint density at radius 1 is 1.20 bits per heavy atom. The predicted octanol–water partition coefficient (Wildman–Crippen LogP) is 3.43. The van der Waals surface area contributed by atoms with Crippen LogP contribution in [0.25, 0.3) is 22.5 Å². The van der Waals surface area contributed by atoms with Crippen LogP contribution >= 0.6 is 0 Å². The van der Waals surface area contributed by atoms with Crippen molar-refractivity contribution in [3.05, 3.63) is 54.0 Å². The fourth-order valence-corrected chi connectivity index (χ4v) is 2.06. The Kier molecular flexibility index (Phi) is 2.95. The van der Waals surface area contributed by atoms with E-state index >= 15 is 0 Å². The summed E-state index contributed by atoms with van der Waals surface area (Å²) < 4.78 is 19.1. The maximum absolute atomic E-state index is 14.1. The highest BCUT2D eigenvalue weighted by Crippen LogP contribution is 2.36. The summed E-state index contributed by atoms with van der Waals surface area (Å²) in [5, 5.41) is 3.87. The molecule has 0 fully saturated rings. The van der Waals surface area contributed by atoms with Crippen LogP contribution in [0.4, 0.5) is 10.3 Å². The van der Waals surface area contributed by atoms with Crippen LogP contribution in [0.5, 0.6) is 0 Å². The minimum Gasteiger partial charge on any atom is -0.367 e. The van der Waals surface area contributed by atoms with Crippen LogP contribution in [-0.2, 0) is 0 Å². The Hall–Kier alpha value is -2.69. The molecule has 1 aromatic carbocycles. The third-order valence-corrected chi connectivity index (χ3v) is 3.02. The van der Waals surface area contributed by atoms with Crippen molar-refractivity contribution >= 4 is 5.88 Å². The molecule has 0 saturated carbocycles. The van der Waals surface area contributed by atoms with Gasteiger partial charge in [-0.15, -0.1) is 0 Å². The van der Waals surface area contributed by atoms with Crippen molar-refractivity contribution in [2.24, 2.45) is 0 Å². The fraction of sp³-hybridized carbons (Fsp3) is 0.0667. The fourth-order valence-electron chi connectivity index (χ4n) is 2.06. The molecule has 0 saturated heterocycles. The number of pyridine rings is 1. The number of benzene rings is 1. The van der Waals surface area contributed by atoms with Crippen LogP contribution in [0.3, 0.4) is 0 Å². The predicted molar refractivity (Wildman–Crippen MR) is 74.3 cm³/mol. The topological polar surface area (TPSA) is 64.9 Å². The highest BCUT2D eigenvalue weighted by atomic mass is 19.1. The van der Waals surface area contributed by atoms with Gasteiger partial charge in [0.15, 0.2) is 0 Å². The molecule has 0 aliphatic carbocycles. The summed E-state index contributed by atoms with van der Waals surface area (Å²) in [6, 6.07) is 10.3. The van der Waals surface area contributed by atoms with E-state index in [4.69, 9.17) is 10.3 Å². The molecule has 0 unspecified atom stereocenters. The van der Waals surface area contributed by atoms with E-state index in [9.17, 15) is 4.39 Å². The van der Waals surface area contributed by atoms with Gasteiger partial charge in [0.25, 0.3) is 0 Å². The van der Waals surface area contributed by atoms with E-state index in [1.165, 1.54) is 6.07 Å². The lowest BCUT2D eigenvalue weighted by Crippen LogP contribution is -1.92. The minimum absolute atomic E-state index is 0.124. The Morgan fingerprint density at radius 2 is 2.05 bits per heavy atom. The van der Waals surface area contributed by atoms with Crippen LogP contribution in [0, 0.1) is 12.7 Å². The summed E-state index contributed by atoms with van der Waals surface area (Å²) in [7, 11) is 0. The van der Waals surface area contributed by atoms with Crippen molar-refractivity contribution in [1.82, 2.24) is 10.1 Å². The number of hydrogen-bond acceptors (Lipinski definition) is 4. The van der Waals surface area contributed by atoms with Crippen molar-refractivity contribution in [2.75, 3.05) is 5.73 Å². The van der Waals surface area contributed by atoms with Gasteiger partial charge in [0, 0.05) is 11.8 Å². The second-order valence-electron chi connectivity index (χ2n) is 4.47. The van der Waals surface area contributed by atoms with Crippen molar-refractivity contribution in [3.8, 4) is 22.5 Å². The van der Waals surface area contributed by atoms with Gasteiger partial charge in [-0.1, -0.05) is 17.3 Å². The molecule has 0 spiro atoms. The van der Waals surface area contributed by atoms with Gasteiger partial charge in [0.1, 0.15) is 11.5 Å². The first kappa shape index (κ1) is 12.3. The van der Waals surface area contributed by atoms with Gasteiger partial charge in [-0.2, -0.15) is 0 Å². The maximum atomic E-state index is 14.1. The second-order valence-corrected chi connectivity index (χ2v) is 4.47. The molecule has 20 heavy (non-hydrogen) atoms. The van der Waals surface area contributed by atoms with Gasteiger partial charge in [0.2, 0.25) is 5.88 Å². The number of aromatic nitrogens is 2. The molecular formula is C15H12FN3O. The van der Waals surface area contributed by atoms with Crippen molar-refractivity contribution in [3.63, 3.8) is 0 Å². The third-order valence-electron chi connectivity index (χ3n) is 3.02. The van der Waals surface area contributed by atoms with Gasteiger partial charge < -0.3 is 10.3 Å². The highest BCUT2D eigenvalue weighted by molar-refractivity contribution is 5.85. The Labute approximate surface area is 115 Å². The lowest BCUT2D eigenvalue weighted by molar-refractivity contribution is 0.439. The van der Waals surface area contributed by atoms with Crippen LogP contribution in [-0.4, -0.2) is 10.1 Å². The van der Waals surface area contributed by atoms with Gasteiger partial charge in [-0.25, -0.2) is 4.39 Å². The lowest BCUT2D eigenvalue weighted by atomic mass is 10.0. The molecule has 3 rings (SSSR count). The monoisotopic (exact) mass is 269 g/mol. The van der Waals surface area contributed by atoms with Crippen molar-refractivity contribution < 1.29 is 8.91 Å². The zero-order valence-electron chi connectivity index (χ0n) is 10.8. The summed E-state index contributed by atoms with van der Waals surface area (Å²) >= 11 is 0. The van der Waals surface area contributed by atoms with Crippen LogP contribution in [0.1, 0.15) is 5.56 Å². The molecule has 2 N–H and O–H groups in total. The van der Waals surface area contributed by atoms with E-state index in [1.807, 2.05) is 19.1 Å². The molecule has 100 valence electrons. The zero-order valence-corrected chi connectivity index (χ0v) is 10.8. The van der Waals surface area contributed by atoms with E-state index in [0.717, 1.165) is 5.56 Å². The first-order valence-corrected chi connectivity index (χ1v) is 6.10. The summed E-state index contributed by atoms with van der Waals surface area (Å²) in [5.41, 5.74) is 8.44. The molecule has 2 aromatic heterocycles. The zero-order chi connectivity index (χ0) is 14.1. The summed E-state index contributed by atoms with van der Waals surface area (Å²) in [4.78, 5) is 4.21. The molecule has 5 heteroatoms. The molecule has 0 bridgehead atoms. The summed E-state index contributed by atoms with van der Waals surface area (Å²) in [5.74, 6) is -0.242. The lowest BCUT2D eigenvalue weighted by Gasteiger charge is -2.04. The van der Waals surface area contributed by atoms with E-state index in [1.54, 1.807) is 24.4 Å².